The lowest BCUT2D eigenvalue weighted by molar-refractivity contribution is 0.0691. The van der Waals surface area contributed by atoms with Gasteiger partial charge in [-0.3, -0.25) is 4.72 Å². The number of para-hydroxylation sites is 1. The molecule has 128 valence electrons. The quantitative estimate of drug-likeness (QED) is 0.752. The molecule has 24 heavy (non-hydrogen) atoms. The molecule has 2 N–H and O–H groups in total. The molecule has 6 nitrogen and oxygen atoms in total. The van der Waals surface area contributed by atoms with Crippen molar-refractivity contribution < 1.29 is 27.4 Å². The maximum atomic E-state index is 13.6. The van der Waals surface area contributed by atoms with E-state index in [0.29, 0.717) is 5.56 Å². The number of methoxy groups -OCH3 is 1. The number of carboxylic acids is 1. The Hall–Kier alpha value is -1.97. The molecule has 2 aromatic carbocycles. The number of sulfonamides is 1. The fraction of sp³-hybridized carbons (Fsp3) is 0.133. The summed E-state index contributed by atoms with van der Waals surface area (Å²) in [6.45, 7) is 0.184. The highest BCUT2D eigenvalue weighted by Gasteiger charge is 2.23. The first-order chi connectivity index (χ1) is 11.3. The summed E-state index contributed by atoms with van der Waals surface area (Å²) in [5.74, 6) is -2.59. The number of aromatic carboxylic acids is 1. The number of carboxylic acid groups (broad SMARTS) is 1. The molecule has 0 heterocycles. The molecule has 0 bridgehead atoms. The molecule has 0 aliphatic rings. The van der Waals surface area contributed by atoms with Crippen LogP contribution in [0.4, 0.5) is 10.1 Å². The van der Waals surface area contributed by atoms with Crippen LogP contribution in [0.1, 0.15) is 15.9 Å². The molecular formula is C15H13BrFNO5S. The molecule has 9 heteroatoms. The SMILES string of the molecule is COCc1ccccc1NS(=O)(=O)c1cc(C(=O)O)c(F)cc1Br. The van der Waals surface area contributed by atoms with Gasteiger partial charge >= 0.3 is 5.97 Å². The number of carbonyl (C=O) groups is 1. The van der Waals surface area contributed by atoms with Crippen LogP contribution in [0, 0.1) is 5.82 Å². The Bertz CT molecular complexity index is 885. The Kier molecular flexibility index (Phi) is 5.58. The second kappa shape index (κ2) is 7.29. The molecular weight excluding hydrogens is 405 g/mol. The van der Waals surface area contributed by atoms with Crippen LogP contribution in [-0.2, 0) is 21.4 Å². The number of ether oxygens (including phenoxy) is 1. The van der Waals surface area contributed by atoms with Crippen molar-refractivity contribution in [2.24, 2.45) is 0 Å². The maximum Gasteiger partial charge on any atom is 0.338 e. The highest BCUT2D eigenvalue weighted by Crippen LogP contribution is 2.28. The zero-order valence-electron chi connectivity index (χ0n) is 12.4. The number of anilines is 1. The number of hydrogen-bond acceptors (Lipinski definition) is 4. The van der Waals surface area contributed by atoms with Crippen LogP contribution in [0.5, 0.6) is 0 Å². The minimum absolute atomic E-state index is 0.0817. The topological polar surface area (TPSA) is 92.7 Å². The van der Waals surface area contributed by atoms with Gasteiger partial charge < -0.3 is 9.84 Å². The van der Waals surface area contributed by atoms with Gasteiger partial charge in [0.1, 0.15) is 10.7 Å². The van der Waals surface area contributed by atoms with Gasteiger partial charge in [-0.2, -0.15) is 0 Å². The van der Waals surface area contributed by atoms with E-state index in [-0.39, 0.29) is 21.7 Å². The molecule has 0 spiro atoms. The van der Waals surface area contributed by atoms with Crippen LogP contribution in [-0.4, -0.2) is 26.6 Å². The van der Waals surface area contributed by atoms with E-state index in [2.05, 4.69) is 20.7 Å². The first-order valence-electron chi connectivity index (χ1n) is 6.58. The minimum Gasteiger partial charge on any atom is -0.478 e. The summed E-state index contributed by atoms with van der Waals surface area (Å²) in [7, 11) is -2.67. The Morgan fingerprint density at radius 2 is 2.00 bits per heavy atom. The van der Waals surface area contributed by atoms with Gasteiger partial charge in [0.05, 0.1) is 17.9 Å². The summed E-state index contributed by atoms with van der Waals surface area (Å²) in [6, 6.07) is 8.16. The molecule has 0 amide bonds. The monoisotopic (exact) mass is 417 g/mol. The third kappa shape index (κ3) is 3.92. The van der Waals surface area contributed by atoms with Crippen LogP contribution >= 0.6 is 15.9 Å². The third-order valence-corrected chi connectivity index (χ3v) is 5.43. The lowest BCUT2D eigenvalue weighted by atomic mass is 10.2. The van der Waals surface area contributed by atoms with E-state index in [9.17, 15) is 17.6 Å². The number of benzene rings is 2. The van der Waals surface area contributed by atoms with E-state index < -0.39 is 27.4 Å². The van der Waals surface area contributed by atoms with Crippen LogP contribution in [0.15, 0.2) is 45.8 Å². The summed E-state index contributed by atoms with van der Waals surface area (Å²) in [6.07, 6.45) is 0. The summed E-state index contributed by atoms with van der Waals surface area (Å²) < 4.78 is 46.0. The minimum atomic E-state index is -4.14. The smallest absolute Gasteiger partial charge is 0.338 e. The van der Waals surface area contributed by atoms with Crippen molar-refractivity contribution in [1.29, 1.82) is 0 Å². The van der Waals surface area contributed by atoms with Gasteiger partial charge in [0.25, 0.3) is 10.0 Å². The molecule has 0 saturated heterocycles. The molecule has 0 aliphatic heterocycles. The van der Waals surface area contributed by atoms with Gasteiger partial charge in [-0.05, 0) is 34.1 Å². The molecule has 2 rings (SSSR count). The average Bonchev–Trinajstić information content (AvgIpc) is 2.48. The molecule has 2 aromatic rings. The van der Waals surface area contributed by atoms with E-state index in [1.807, 2.05) is 0 Å². The third-order valence-electron chi connectivity index (χ3n) is 3.10. The molecule has 0 atom stereocenters. The normalized spacial score (nSPS) is 11.3. The molecule has 0 aliphatic carbocycles. The predicted octanol–water partition coefficient (Wildman–Crippen LogP) is 3.23. The van der Waals surface area contributed by atoms with Gasteiger partial charge in [0.15, 0.2) is 0 Å². The summed E-state index contributed by atoms with van der Waals surface area (Å²) in [5, 5.41) is 8.96. The summed E-state index contributed by atoms with van der Waals surface area (Å²) in [4.78, 5) is 10.6. The molecule has 0 aromatic heterocycles. The number of hydrogen-bond donors (Lipinski definition) is 2. The van der Waals surface area contributed by atoms with Crippen molar-refractivity contribution in [2.75, 3.05) is 11.8 Å². The zero-order valence-corrected chi connectivity index (χ0v) is 14.8. The van der Waals surface area contributed by atoms with Gasteiger partial charge in [0, 0.05) is 17.1 Å². The fourth-order valence-corrected chi connectivity index (χ4v) is 4.14. The second-order valence-corrected chi connectivity index (χ2v) is 7.27. The van der Waals surface area contributed by atoms with E-state index >= 15 is 0 Å². The van der Waals surface area contributed by atoms with Crippen molar-refractivity contribution in [3.05, 3.63) is 57.8 Å². The van der Waals surface area contributed by atoms with Crippen LogP contribution in [0.3, 0.4) is 0 Å². The second-order valence-electron chi connectivity index (χ2n) is 4.76. The lowest BCUT2D eigenvalue weighted by Crippen LogP contribution is -2.16. The van der Waals surface area contributed by atoms with E-state index in [1.54, 1.807) is 24.3 Å². The standard InChI is InChI=1S/C15H13BrFNO5S/c1-23-8-9-4-2-3-5-13(9)18-24(21,22)14-6-10(15(19)20)12(17)7-11(14)16/h2-7,18H,8H2,1H3,(H,19,20). The van der Waals surface area contributed by atoms with Crippen LogP contribution < -0.4 is 4.72 Å². The molecule has 0 unspecified atom stereocenters. The van der Waals surface area contributed by atoms with Crippen molar-refractivity contribution in [3.63, 3.8) is 0 Å². The van der Waals surface area contributed by atoms with E-state index in [1.165, 1.54) is 7.11 Å². The maximum absolute atomic E-state index is 13.6. The zero-order chi connectivity index (χ0) is 17.9. The number of nitrogens with one attached hydrogen (secondary N) is 1. The lowest BCUT2D eigenvalue weighted by Gasteiger charge is -2.14. The van der Waals surface area contributed by atoms with Crippen molar-refractivity contribution >= 4 is 37.6 Å². The summed E-state index contributed by atoms with van der Waals surface area (Å²) in [5.41, 5.74) is 0.150. The molecule has 0 fully saturated rings. The average molecular weight is 418 g/mol. The Morgan fingerprint density at radius 3 is 2.62 bits per heavy atom. The molecule has 0 saturated carbocycles. The molecule has 0 radical (unpaired) electrons. The van der Waals surface area contributed by atoms with Crippen LogP contribution in [0.2, 0.25) is 0 Å². The largest absolute Gasteiger partial charge is 0.478 e. The number of rotatable bonds is 6. The van der Waals surface area contributed by atoms with Crippen molar-refractivity contribution in [1.82, 2.24) is 0 Å². The van der Waals surface area contributed by atoms with Crippen molar-refractivity contribution in [2.45, 2.75) is 11.5 Å². The Morgan fingerprint density at radius 1 is 1.33 bits per heavy atom. The van der Waals surface area contributed by atoms with Crippen LogP contribution in [0.25, 0.3) is 0 Å². The van der Waals surface area contributed by atoms with E-state index in [0.717, 1.165) is 12.1 Å². The van der Waals surface area contributed by atoms with Gasteiger partial charge in [-0.15, -0.1) is 0 Å². The fourth-order valence-electron chi connectivity index (χ4n) is 2.00. The van der Waals surface area contributed by atoms with Gasteiger partial charge in [-0.25, -0.2) is 17.6 Å². The van der Waals surface area contributed by atoms with E-state index in [4.69, 9.17) is 9.84 Å². The highest BCUT2D eigenvalue weighted by atomic mass is 79.9. The van der Waals surface area contributed by atoms with Gasteiger partial charge in [0.2, 0.25) is 0 Å². The number of halogens is 2. The summed E-state index contributed by atoms with van der Waals surface area (Å²) >= 11 is 2.95. The predicted molar refractivity (Wildman–Crippen MR) is 89.0 cm³/mol. The Labute approximate surface area is 146 Å². The van der Waals surface area contributed by atoms with Crippen molar-refractivity contribution in [3.8, 4) is 0 Å². The van der Waals surface area contributed by atoms with Gasteiger partial charge in [-0.1, -0.05) is 18.2 Å². The Balaban J connectivity index is 2.49. The first-order valence-corrected chi connectivity index (χ1v) is 8.86. The first kappa shape index (κ1) is 18.4. The highest BCUT2D eigenvalue weighted by molar-refractivity contribution is 9.10.